The molecule has 12 heteroatoms. The Morgan fingerprint density at radius 1 is 1.11 bits per heavy atom. The molecule has 182 valence electrons. The van der Waals surface area contributed by atoms with E-state index >= 15 is 0 Å². The molecule has 0 atom stereocenters. The second-order valence-electron chi connectivity index (χ2n) is 7.67. The van der Waals surface area contributed by atoms with Gasteiger partial charge in [0.2, 0.25) is 5.91 Å². The van der Waals surface area contributed by atoms with Gasteiger partial charge in [0.15, 0.2) is 27.7 Å². The number of carbonyl (C=O) groups excluding carboxylic acids is 1. The summed E-state index contributed by atoms with van der Waals surface area (Å²) in [4.78, 5) is 34.4. The van der Waals surface area contributed by atoms with Crippen LogP contribution in [0.15, 0.2) is 58.5 Å². The normalized spacial score (nSPS) is 11.4. The van der Waals surface area contributed by atoms with Gasteiger partial charge in [0, 0.05) is 5.02 Å². The fourth-order valence-corrected chi connectivity index (χ4v) is 5.36. The molecule has 0 bridgehead atoms. The van der Waals surface area contributed by atoms with Gasteiger partial charge in [-0.3, -0.25) is 14.2 Å². The van der Waals surface area contributed by atoms with Gasteiger partial charge < -0.3 is 5.32 Å². The van der Waals surface area contributed by atoms with E-state index in [9.17, 15) is 22.8 Å². The average Bonchev–Trinajstić information content (AvgIpc) is 3.25. The summed E-state index contributed by atoms with van der Waals surface area (Å²) in [5, 5.41) is 3.60. The highest BCUT2D eigenvalue weighted by atomic mass is 35.5. The Kier molecular flexibility index (Phi) is 6.45. The maximum atomic E-state index is 14.0. The second kappa shape index (κ2) is 9.57. The fraction of sp³-hybridized carbons (Fsp3) is 0.0833. The Morgan fingerprint density at radius 2 is 1.89 bits per heavy atom. The van der Waals surface area contributed by atoms with Crippen LogP contribution in [0.4, 0.5) is 18.3 Å². The third-order valence-corrected chi connectivity index (χ3v) is 7.52. The van der Waals surface area contributed by atoms with Gasteiger partial charge in [-0.1, -0.05) is 52.9 Å². The number of thiazole rings is 1. The van der Waals surface area contributed by atoms with E-state index in [0.717, 1.165) is 34.7 Å². The first-order valence-electron chi connectivity index (χ1n) is 10.4. The van der Waals surface area contributed by atoms with Crippen LogP contribution in [0.2, 0.25) is 5.02 Å². The number of aryl methyl sites for hydroxylation is 1. The number of para-hydroxylation sites is 1. The Balaban J connectivity index is 1.45. The highest BCUT2D eigenvalue weighted by Crippen LogP contribution is 2.31. The van der Waals surface area contributed by atoms with Crippen molar-refractivity contribution in [3.63, 3.8) is 0 Å². The average molecular weight is 547 g/mol. The molecular weight excluding hydrogens is 533 g/mol. The minimum absolute atomic E-state index is 0.0197. The van der Waals surface area contributed by atoms with Gasteiger partial charge in [-0.25, -0.2) is 23.1 Å². The van der Waals surface area contributed by atoms with Crippen LogP contribution in [0.1, 0.15) is 5.56 Å². The molecule has 1 N–H and O–H groups in total. The molecular formula is C24H14ClF3N4O2S2. The highest BCUT2D eigenvalue weighted by Gasteiger charge is 2.19. The Bertz CT molecular complexity index is 1740. The summed E-state index contributed by atoms with van der Waals surface area (Å²) in [6, 6.07) is 12.8. The third-order valence-electron chi connectivity index (χ3n) is 5.26. The molecule has 5 rings (SSSR count). The first kappa shape index (κ1) is 24.3. The number of thioether (sulfide) groups is 1. The minimum Gasteiger partial charge on any atom is -0.301 e. The van der Waals surface area contributed by atoms with Gasteiger partial charge in [0.1, 0.15) is 5.52 Å². The van der Waals surface area contributed by atoms with E-state index in [-0.39, 0.29) is 31.8 Å². The van der Waals surface area contributed by atoms with Gasteiger partial charge in [0.25, 0.3) is 5.56 Å². The quantitative estimate of drug-likeness (QED) is 0.164. The molecule has 2 heterocycles. The molecule has 0 saturated carbocycles. The molecule has 0 saturated heterocycles. The molecule has 0 spiro atoms. The zero-order chi connectivity index (χ0) is 25.6. The third kappa shape index (κ3) is 4.45. The molecule has 0 aliphatic heterocycles. The van der Waals surface area contributed by atoms with Gasteiger partial charge in [0.05, 0.1) is 27.0 Å². The van der Waals surface area contributed by atoms with Crippen LogP contribution in [-0.4, -0.2) is 26.2 Å². The maximum Gasteiger partial charge on any atom is 0.266 e. The number of nitrogens with one attached hydrogen (secondary N) is 1. The van der Waals surface area contributed by atoms with Gasteiger partial charge >= 0.3 is 0 Å². The van der Waals surface area contributed by atoms with Crippen molar-refractivity contribution in [1.29, 1.82) is 0 Å². The van der Waals surface area contributed by atoms with Gasteiger partial charge in [-0.15, -0.1) is 0 Å². The summed E-state index contributed by atoms with van der Waals surface area (Å²) in [6.45, 7) is 1.84. The van der Waals surface area contributed by atoms with E-state index in [1.165, 1.54) is 4.57 Å². The largest absolute Gasteiger partial charge is 0.301 e. The maximum absolute atomic E-state index is 14.0. The number of amides is 1. The van der Waals surface area contributed by atoms with Crippen molar-refractivity contribution in [2.24, 2.45) is 0 Å². The molecule has 5 aromatic rings. The van der Waals surface area contributed by atoms with Gasteiger partial charge in [-0.2, -0.15) is 0 Å². The van der Waals surface area contributed by atoms with Crippen LogP contribution < -0.4 is 10.9 Å². The van der Waals surface area contributed by atoms with Crippen LogP contribution >= 0.6 is 34.7 Å². The summed E-state index contributed by atoms with van der Waals surface area (Å²) < 4.78 is 42.4. The number of aromatic nitrogens is 3. The lowest BCUT2D eigenvalue weighted by Gasteiger charge is -2.14. The fourth-order valence-electron chi connectivity index (χ4n) is 3.47. The molecule has 0 aliphatic carbocycles. The number of rotatable bonds is 5. The van der Waals surface area contributed by atoms with E-state index < -0.39 is 23.4 Å². The van der Waals surface area contributed by atoms with Crippen molar-refractivity contribution < 1.29 is 18.0 Å². The molecule has 6 nitrogen and oxygen atoms in total. The zero-order valence-electron chi connectivity index (χ0n) is 18.3. The SMILES string of the molecule is Cc1ccc(-n2c(SCC(=O)Nc3nc4c(F)c(F)c(F)cc4s3)nc3ccccc3c2=O)cc1Cl. The van der Waals surface area contributed by atoms with Crippen molar-refractivity contribution in [2.75, 3.05) is 11.1 Å². The van der Waals surface area contributed by atoms with E-state index in [1.54, 1.807) is 42.5 Å². The van der Waals surface area contributed by atoms with Crippen LogP contribution in [0.3, 0.4) is 0 Å². The van der Waals surface area contributed by atoms with Crippen LogP contribution in [0, 0.1) is 24.4 Å². The van der Waals surface area contributed by atoms with E-state index in [0.29, 0.717) is 21.6 Å². The molecule has 36 heavy (non-hydrogen) atoms. The molecule has 0 unspecified atom stereocenters. The lowest BCUT2D eigenvalue weighted by Crippen LogP contribution is -2.23. The predicted octanol–water partition coefficient (Wildman–Crippen LogP) is 6.11. The van der Waals surface area contributed by atoms with E-state index in [2.05, 4.69) is 15.3 Å². The van der Waals surface area contributed by atoms with Crippen molar-refractivity contribution >= 4 is 66.9 Å². The standard InChI is InChI=1S/C24H14ClF3N4O2S2/c1-11-6-7-12(8-14(11)25)32-22(34)13-4-2-3-5-16(13)29-24(32)35-10-18(33)30-23-31-21-17(36-23)9-15(26)19(27)20(21)28/h2-9H,10H2,1H3,(H,30,31,33). The first-order chi connectivity index (χ1) is 17.2. The number of nitrogens with zero attached hydrogens (tertiary/aromatic N) is 3. The number of hydrogen-bond donors (Lipinski definition) is 1. The van der Waals surface area contributed by atoms with Crippen LogP contribution in [-0.2, 0) is 4.79 Å². The van der Waals surface area contributed by atoms with Crippen molar-refractivity contribution in [2.45, 2.75) is 12.1 Å². The molecule has 0 aliphatic rings. The lowest BCUT2D eigenvalue weighted by molar-refractivity contribution is -0.113. The molecule has 1 amide bonds. The predicted molar refractivity (Wildman–Crippen MR) is 136 cm³/mol. The number of hydrogen-bond acceptors (Lipinski definition) is 6. The van der Waals surface area contributed by atoms with Crippen LogP contribution in [0.5, 0.6) is 0 Å². The second-order valence-corrected chi connectivity index (χ2v) is 10.1. The minimum atomic E-state index is -1.63. The molecule has 2 aromatic heterocycles. The number of carbonyl (C=O) groups is 1. The number of anilines is 1. The monoisotopic (exact) mass is 546 g/mol. The molecule has 0 radical (unpaired) electrons. The van der Waals surface area contributed by atoms with Crippen molar-refractivity contribution in [1.82, 2.24) is 14.5 Å². The Hall–Kier alpha value is -3.41. The van der Waals surface area contributed by atoms with E-state index in [4.69, 9.17) is 11.6 Å². The number of benzene rings is 3. The summed E-state index contributed by atoms with van der Waals surface area (Å²) in [6.07, 6.45) is 0. The van der Waals surface area contributed by atoms with Crippen molar-refractivity contribution in [3.05, 3.63) is 86.9 Å². The summed E-state index contributed by atoms with van der Waals surface area (Å²) in [5.41, 5.74) is 1.09. The Morgan fingerprint density at radius 3 is 2.67 bits per heavy atom. The zero-order valence-corrected chi connectivity index (χ0v) is 20.7. The number of halogens is 4. The number of fused-ring (bicyclic) bond motifs is 2. The summed E-state index contributed by atoms with van der Waals surface area (Å²) >= 11 is 8.09. The smallest absolute Gasteiger partial charge is 0.266 e. The highest BCUT2D eigenvalue weighted by molar-refractivity contribution is 7.99. The molecule has 0 fully saturated rings. The Labute approximate surface area is 214 Å². The summed E-state index contributed by atoms with van der Waals surface area (Å²) in [5.74, 6) is -5.09. The van der Waals surface area contributed by atoms with Gasteiger partial charge in [-0.05, 0) is 42.8 Å². The molecule has 3 aromatic carbocycles. The first-order valence-corrected chi connectivity index (χ1v) is 12.6. The topological polar surface area (TPSA) is 76.9 Å². The van der Waals surface area contributed by atoms with Crippen LogP contribution in [0.25, 0.3) is 26.8 Å². The van der Waals surface area contributed by atoms with E-state index in [1.807, 2.05) is 6.92 Å². The summed E-state index contributed by atoms with van der Waals surface area (Å²) in [7, 11) is 0. The lowest BCUT2D eigenvalue weighted by atomic mass is 10.2. The van der Waals surface area contributed by atoms with Crippen molar-refractivity contribution in [3.8, 4) is 5.69 Å².